The Bertz CT molecular complexity index is 420. The van der Waals surface area contributed by atoms with Crippen LogP contribution in [0.2, 0.25) is 5.02 Å². The van der Waals surface area contributed by atoms with Gasteiger partial charge in [-0.05, 0) is 38.8 Å². The van der Waals surface area contributed by atoms with Crippen molar-refractivity contribution in [3.63, 3.8) is 0 Å². The van der Waals surface area contributed by atoms with E-state index in [2.05, 4.69) is 4.90 Å². The van der Waals surface area contributed by atoms with Crippen LogP contribution in [-0.4, -0.2) is 28.1 Å². The maximum atomic E-state index is 11.4. The standard InChI is InChI=1S/C12H16ClNO2S/c1-12(11(15)16)4-2-3-5-14(12)7-10-6-9(13)8-17-10/h6,8H,2-5,7H2,1H3,(H,15,16). The van der Waals surface area contributed by atoms with E-state index < -0.39 is 11.5 Å². The highest BCUT2D eigenvalue weighted by Crippen LogP contribution is 2.31. The van der Waals surface area contributed by atoms with Crippen LogP contribution < -0.4 is 0 Å². The average molecular weight is 274 g/mol. The highest BCUT2D eigenvalue weighted by molar-refractivity contribution is 7.10. The van der Waals surface area contributed by atoms with E-state index >= 15 is 0 Å². The summed E-state index contributed by atoms with van der Waals surface area (Å²) in [4.78, 5) is 14.6. The van der Waals surface area contributed by atoms with Crippen LogP contribution in [-0.2, 0) is 11.3 Å². The molecule has 1 aromatic rings. The van der Waals surface area contributed by atoms with Crippen LogP contribution in [0.3, 0.4) is 0 Å². The predicted octanol–water partition coefficient (Wildman–Crippen LogP) is 3.23. The van der Waals surface area contributed by atoms with Crippen molar-refractivity contribution in [2.75, 3.05) is 6.54 Å². The second kappa shape index (κ2) is 4.96. The van der Waals surface area contributed by atoms with E-state index in [1.807, 2.05) is 18.4 Å². The molecule has 5 heteroatoms. The third kappa shape index (κ3) is 2.64. The van der Waals surface area contributed by atoms with Crippen LogP contribution in [0.15, 0.2) is 11.4 Å². The summed E-state index contributed by atoms with van der Waals surface area (Å²) in [5.74, 6) is -0.722. The first-order valence-electron chi connectivity index (χ1n) is 5.74. The fourth-order valence-corrected chi connectivity index (χ4v) is 3.38. The summed E-state index contributed by atoms with van der Waals surface area (Å²) in [6.45, 7) is 3.35. The number of carboxylic acid groups (broad SMARTS) is 1. The van der Waals surface area contributed by atoms with E-state index in [-0.39, 0.29) is 0 Å². The molecule has 94 valence electrons. The second-order valence-corrected chi connectivity index (χ2v) is 6.12. The summed E-state index contributed by atoms with van der Waals surface area (Å²) in [5.41, 5.74) is -0.727. The number of hydrogen-bond donors (Lipinski definition) is 1. The normalized spacial score (nSPS) is 26.0. The molecule has 1 N–H and O–H groups in total. The third-order valence-electron chi connectivity index (χ3n) is 3.47. The molecule has 0 radical (unpaired) electrons. The molecule has 0 saturated carbocycles. The first kappa shape index (κ1) is 12.9. The fraction of sp³-hybridized carbons (Fsp3) is 0.583. The molecule has 1 aliphatic rings. The molecule has 1 aromatic heterocycles. The van der Waals surface area contributed by atoms with Crippen molar-refractivity contribution in [3.05, 3.63) is 21.3 Å². The molecular formula is C12H16ClNO2S. The maximum absolute atomic E-state index is 11.4. The first-order chi connectivity index (χ1) is 8.02. The highest BCUT2D eigenvalue weighted by Gasteiger charge is 2.41. The number of nitrogens with zero attached hydrogens (tertiary/aromatic N) is 1. The lowest BCUT2D eigenvalue weighted by molar-refractivity contribution is -0.153. The van der Waals surface area contributed by atoms with Crippen molar-refractivity contribution in [2.24, 2.45) is 0 Å². The zero-order valence-electron chi connectivity index (χ0n) is 9.78. The van der Waals surface area contributed by atoms with Crippen LogP contribution >= 0.6 is 22.9 Å². The van der Waals surface area contributed by atoms with Gasteiger partial charge in [-0.3, -0.25) is 9.69 Å². The van der Waals surface area contributed by atoms with Crippen LogP contribution in [0.4, 0.5) is 0 Å². The Morgan fingerprint density at radius 2 is 2.41 bits per heavy atom. The van der Waals surface area contributed by atoms with E-state index in [0.717, 1.165) is 35.7 Å². The Labute approximate surface area is 110 Å². The van der Waals surface area contributed by atoms with E-state index in [1.165, 1.54) is 0 Å². The van der Waals surface area contributed by atoms with Gasteiger partial charge in [0, 0.05) is 16.8 Å². The maximum Gasteiger partial charge on any atom is 0.323 e. The molecule has 1 fully saturated rings. The number of likely N-dealkylation sites (tertiary alicyclic amines) is 1. The van der Waals surface area contributed by atoms with Gasteiger partial charge < -0.3 is 5.11 Å². The minimum atomic E-state index is -0.727. The minimum absolute atomic E-state index is 0.681. The second-order valence-electron chi connectivity index (χ2n) is 4.69. The molecule has 0 amide bonds. The monoisotopic (exact) mass is 273 g/mol. The molecule has 1 unspecified atom stereocenters. The first-order valence-corrected chi connectivity index (χ1v) is 6.99. The fourth-order valence-electron chi connectivity index (χ4n) is 2.30. The van der Waals surface area contributed by atoms with Crippen LogP contribution in [0.25, 0.3) is 0 Å². The topological polar surface area (TPSA) is 40.5 Å². The van der Waals surface area contributed by atoms with Crippen molar-refractivity contribution >= 4 is 28.9 Å². The summed E-state index contributed by atoms with van der Waals surface area (Å²) < 4.78 is 0. The molecule has 1 atom stereocenters. The Balaban J connectivity index is 2.14. The lowest BCUT2D eigenvalue weighted by Crippen LogP contribution is -2.54. The van der Waals surface area contributed by atoms with Gasteiger partial charge in [0.2, 0.25) is 0 Å². The average Bonchev–Trinajstić information content (AvgIpc) is 2.67. The largest absolute Gasteiger partial charge is 0.480 e. The molecule has 3 nitrogen and oxygen atoms in total. The SMILES string of the molecule is CC1(C(=O)O)CCCCN1Cc1cc(Cl)cs1. The Morgan fingerprint density at radius 1 is 1.65 bits per heavy atom. The van der Waals surface area contributed by atoms with Crippen molar-refractivity contribution in [3.8, 4) is 0 Å². The highest BCUT2D eigenvalue weighted by atomic mass is 35.5. The number of hydrogen-bond acceptors (Lipinski definition) is 3. The summed E-state index contributed by atoms with van der Waals surface area (Å²) >= 11 is 7.48. The molecule has 17 heavy (non-hydrogen) atoms. The summed E-state index contributed by atoms with van der Waals surface area (Å²) in [6, 6.07) is 1.92. The summed E-state index contributed by atoms with van der Waals surface area (Å²) in [6.07, 6.45) is 2.79. The number of carbonyl (C=O) groups is 1. The summed E-state index contributed by atoms with van der Waals surface area (Å²) in [5, 5.41) is 12.0. The van der Waals surface area contributed by atoms with Crippen LogP contribution in [0.5, 0.6) is 0 Å². The van der Waals surface area contributed by atoms with Gasteiger partial charge in [-0.15, -0.1) is 11.3 Å². The van der Waals surface area contributed by atoms with Crippen LogP contribution in [0, 0.1) is 0 Å². The Morgan fingerprint density at radius 3 is 3.00 bits per heavy atom. The quantitative estimate of drug-likeness (QED) is 0.919. The van der Waals surface area contributed by atoms with Gasteiger partial charge in [-0.1, -0.05) is 11.6 Å². The molecular weight excluding hydrogens is 258 g/mol. The van der Waals surface area contributed by atoms with Gasteiger partial charge in [0.15, 0.2) is 0 Å². The molecule has 2 rings (SSSR count). The van der Waals surface area contributed by atoms with Gasteiger partial charge >= 0.3 is 5.97 Å². The van der Waals surface area contributed by atoms with E-state index in [9.17, 15) is 9.90 Å². The lowest BCUT2D eigenvalue weighted by Gasteiger charge is -2.41. The number of halogens is 1. The zero-order valence-corrected chi connectivity index (χ0v) is 11.4. The van der Waals surface area contributed by atoms with Gasteiger partial charge in [0.1, 0.15) is 5.54 Å². The number of rotatable bonds is 3. The zero-order chi connectivity index (χ0) is 12.5. The van der Waals surface area contributed by atoms with Gasteiger partial charge in [0.05, 0.1) is 5.02 Å². The van der Waals surface area contributed by atoms with Crippen molar-refractivity contribution in [2.45, 2.75) is 38.3 Å². The molecule has 0 spiro atoms. The van der Waals surface area contributed by atoms with E-state index in [4.69, 9.17) is 11.6 Å². The van der Waals surface area contributed by atoms with Gasteiger partial charge in [0.25, 0.3) is 0 Å². The Kier molecular flexibility index (Phi) is 3.76. The minimum Gasteiger partial charge on any atom is -0.480 e. The van der Waals surface area contributed by atoms with E-state index in [0.29, 0.717) is 6.54 Å². The van der Waals surface area contributed by atoms with Gasteiger partial charge in [-0.25, -0.2) is 0 Å². The number of carboxylic acids is 1. The molecule has 2 heterocycles. The summed E-state index contributed by atoms with van der Waals surface area (Å²) in [7, 11) is 0. The molecule has 1 aliphatic heterocycles. The van der Waals surface area contributed by atoms with Crippen molar-refractivity contribution in [1.29, 1.82) is 0 Å². The van der Waals surface area contributed by atoms with Gasteiger partial charge in [-0.2, -0.15) is 0 Å². The lowest BCUT2D eigenvalue weighted by atomic mass is 9.88. The Hall–Kier alpha value is -0.580. The predicted molar refractivity (Wildman–Crippen MR) is 69.6 cm³/mol. The smallest absolute Gasteiger partial charge is 0.323 e. The van der Waals surface area contributed by atoms with Crippen molar-refractivity contribution < 1.29 is 9.90 Å². The molecule has 1 saturated heterocycles. The third-order valence-corrected chi connectivity index (χ3v) is 4.74. The van der Waals surface area contributed by atoms with E-state index in [1.54, 1.807) is 11.3 Å². The van der Waals surface area contributed by atoms with Crippen molar-refractivity contribution in [1.82, 2.24) is 4.90 Å². The van der Waals surface area contributed by atoms with Crippen LogP contribution in [0.1, 0.15) is 31.1 Å². The molecule has 0 aliphatic carbocycles. The number of piperidine rings is 1. The number of thiophene rings is 1. The number of aliphatic carboxylic acids is 1. The molecule has 0 aromatic carbocycles. The molecule has 0 bridgehead atoms.